The molecule has 1 amide bonds. The molecule has 7 nitrogen and oxygen atoms in total. The molecular formula is C29H31N3O4S. The molecule has 0 bridgehead atoms. The number of hydrogen-bond acceptors (Lipinski definition) is 6. The van der Waals surface area contributed by atoms with Crippen LogP contribution in [0.1, 0.15) is 37.0 Å². The van der Waals surface area contributed by atoms with Crippen molar-refractivity contribution in [1.29, 1.82) is 0 Å². The van der Waals surface area contributed by atoms with Gasteiger partial charge in [0, 0.05) is 30.8 Å². The second-order valence-corrected chi connectivity index (χ2v) is 10.9. The number of ether oxygens (including phenoxy) is 3. The molecule has 0 saturated carbocycles. The lowest BCUT2D eigenvalue weighted by molar-refractivity contribution is 0.0638. The first-order chi connectivity index (χ1) is 17.7. The van der Waals surface area contributed by atoms with E-state index in [0.717, 1.165) is 33.8 Å². The summed E-state index contributed by atoms with van der Waals surface area (Å²) in [6.07, 6.45) is 0.748. The predicted octanol–water partition coefficient (Wildman–Crippen LogP) is 6.51. The first kappa shape index (κ1) is 24.9. The number of amides is 1. The summed E-state index contributed by atoms with van der Waals surface area (Å²) in [6.45, 7) is 6.72. The summed E-state index contributed by atoms with van der Waals surface area (Å²) >= 11 is 1.61. The molecule has 3 heterocycles. The molecule has 37 heavy (non-hydrogen) atoms. The van der Waals surface area contributed by atoms with Crippen molar-refractivity contribution < 1.29 is 19.0 Å². The maximum atomic E-state index is 13.6. The highest BCUT2D eigenvalue weighted by Gasteiger charge is 2.33. The zero-order valence-corrected chi connectivity index (χ0v) is 22.8. The Bertz CT molecular complexity index is 1450. The zero-order valence-electron chi connectivity index (χ0n) is 22.0. The van der Waals surface area contributed by atoms with E-state index in [2.05, 4.69) is 4.57 Å². The van der Waals surface area contributed by atoms with Crippen molar-refractivity contribution in [2.24, 2.45) is 0 Å². The van der Waals surface area contributed by atoms with Crippen LogP contribution in [0.25, 0.3) is 21.8 Å². The lowest BCUT2D eigenvalue weighted by Gasteiger charge is -2.32. The van der Waals surface area contributed by atoms with Gasteiger partial charge in [-0.05, 0) is 68.5 Å². The van der Waals surface area contributed by atoms with Crippen molar-refractivity contribution in [3.05, 3.63) is 65.3 Å². The largest absolute Gasteiger partial charge is 0.497 e. The molecule has 8 heteroatoms. The Kier molecular flexibility index (Phi) is 6.45. The number of fused-ring (bicyclic) bond motifs is 3. The number of methoxy groups -OCH3 is 2. The zero-order chi connectivity index (χ0) is 26.3. The standard InChI is InChI=1S/C29H31N3O4S/c1-29(2,3)31(4)28(33)27-30-25(24-11-8-14-37-24)26-21-17-23(36-20-10-7-9-19(16-20)34-5)22(35-6)15-18(21)12-13-32(26)27/h7-11,14-17H,12-13H2,1-6H3. The molecule has 192 valence electrons. The van der Waals surface area contributed by atoms with Crippen LogP contribution in [0.15, 0.2) is 53.9 Å². The van der Waals surface area contributed by atoms with E-state index in [9.17, 15) is 4.79 Å². The van der Waals surface area contributed by atoms with Gasteiger partial charge in [0.05, 0.1) is 24.8 Å². The van der Waals surface area contributed by atoms with Gasteiger partial charge in [0.15, 0.2) is 17.3 Å². The molecule has 1 aliphatic heterocycles. The third kappa shape index (κ3) is 4.57. The molecule has 0 fully saturated rings. The molecular weight excluding hydrogens is 486 g/mol. The third-order valence-corrected chi connectivity index (χ3v) is 7.62. The number of thiophene rings is 1. The van der Waals surface area contributed by atoms with E-state index in [4.69, 9.17) is 19.2 Å². The van der Waals surface area contributed by atoms with Gasteiger partial charge in [0.2, 0.25) is 0 Å². The van der Waals surface area contributed by atoms with Crippen LogP contribution in [-0.2, 0) is 13.0 Å². The normalized spacial score (nSPS) is 12.5. The Morgan fingerprint density at radius 1 is 1.03 bits per heavy atom. The second kappa shape index (κ2) is 9.59. The number of rotatable bonds is 6. The minimum atomic E-state index is -0.329. The van der Waals surface area contributed by atoms with Gasteiger partial charge in [-0.3, -0.25) is 4.79 Å². The summed E-state index contributed by atoms with van der Waals surface area (Å²) < 4.78 is 19.4. The van der Waals surface area contributed by atoms with Crippen LogP contribution in [0.3, 0.4) is 0 Å². The van der Waals surface area contributed by atoms with Crippen LogP contribution < -0.4 is 14.2 Å². The number of imidazole rings is 1. The van der Waals surface area contributed by atoms with E-state index in [1.165, 1.54) is 0 Å². The predicted molar refractivity (Wildman–Crippen MR) is 146 cm³/mol. The van der Waals surface area contributed by atoms with Crippen molar-refractivity contribution in [3.63, 3.8) is 0 Å². The summed E-state index contributed by atoms with van der Waals surface area (Å²) in [5.41, 5.74) is 3.51. The molecule has 0 atom stereocenters. The van der Waals surface area contributed by atoms with Gasteiger partial charge < -0.3 is 23.7 Å². The van der Waals surface area contributed by atoms with Crippen LogP contribution in [0.5, 0.6) is 23.0 Å². The number of benzene rings is 2. The summed E-state index contributed by atoms with van der Waals surface area (Å²) in [5.74, 6) is 2.94. The van der Waals surface area contributed by atoms with Gasteiger partial charge in [-0.15, -0.1) is 11.3 Å². The number of aromatic nitrogens is 2. The Labute approximate surface area is 221 Å². The third-order valence-electron chi connectivity index (χ3n) is 6.74. The van der Waals surface area contributed by atoms with Crippen molar-refractivity contribution in [2.45, 2.75) is 39.3 Å². The highest BCUT2D eigenvalue weighted by molar-refractivity contribution is 7.13. The SMILES string of the molecule is COc1cccc(Oc2cc3c(cc2OC)CCn2c(C(=O)N(C)C(C)(C)C)nc(-c4cccs4)c2-3)c1. The van der Waals surface area contributed by atoms with Gasteiger partial charge in [0.1, 0.15) is 17.2 Å². The van der Waals surface area contributed by atoms with Crippen LogP contribution in [0, 0.1) is 0 Å². The Hall–Kier alpha value is -3.78. The second-order valence-electron chi connectivity index (χ2n) is 9.99. The number of nitrogens with zero attached hydrogens (tertiary/aromatic N) is 3. The van der Waals surface area contributed by atoms with E-state index in [1.807, 2.05) is 81.7 Å². The Morgan fingerprint density at radius 3 is 2.49 bits per heavy atom. The minimum absolute atomic E-state index is 0.0960. The number of carbonyl (C=O) groups excluding carboxylic acids is 1. The fraction of sp³-hybridized carbons (Fsp3) is 0.310. The molecule has 0 radical (unpaired) electrons. The van der Waals surface area contributed by atoms with Crippen LogP contribution >= 0.6 is 11.3 Å². The maximum Gasteiger partial charge on any atom is 0.290 e. The summed E-state index contributed by atoms with van der Waals surface area (Å²) in [6, 6.07) is 15.5. The average Bonchev–Trinajstić information content (AvgIpc) is 3.55. The smallest absolute Gasteiger partial charge is 0.290 e. The number of carbonyl (C=O) groups is 1. The Balaban J connectivity index is 1.67. The molecule has 5 rings (SSSR count). The van der Waals surface area contributed by atoms with Gasteiger partial charge in [-0.1, -0.05) is 12.1 Å². The van der Waals surface area contributed by atoms with Crippen molar-refractivity contribution in [1.82, 2.24) is 14.5 Å². The summed E-state index contributed by atoms with van der Waals surface area (Å²) in [5, 5.41) is 2.03. The molecule has 4 aromatic rings. The molecule has 0 saturated heterocycles. The maximum absolute atomic E-state index is 13.6. The quantitative estimate of drug-likeness (QED) is 0.292. The van der Waals surface area contributed by atoms with Crippen molar-refractivity contribution >= 4 is 17.2 Å². The van der Waals surface area contributed by atoms with Gasteiger partial charge >= 0.3 is 0 Å². The molecule has 0 spiro atoms. The lowest BCUT2D eigenvalue weighted by atomic mass is 9.95. The first-order valence-electron chi connectivity index (χ1n) is 12.2. The molecule has 2 aromatic heterocycles. The first-order valence-corrected chi connectivity index (χ1v) is 13.0. The van der Waals surface area contributed by atoms with E-state index < -0.39 is 0 Å². The fourth-order valence-electron chi connectivity index (χ4n) is 4.44. The van der Waals surface area contributed by atoms with Crippen molar-refractivity contribution in [2.75, 3.05) is 21.3 Å². The number of hydrogen-bond donors (Lipinski definition) is 0. The topological polar surface area (TPSA) is 65.8 Å². The molecule has 0 unspecified atom stereocenters. The monoisotopic (exact) mass is 517 g/mol. The van der Waals surface area contributed by atoms with E-state index in [-0.39, 0.29) is 11.4 Å². The van der Waals surface area contributed by atoms with E-state index in [1.54, 1.807) is 30.5 Å². The highest BCUT2D eigenvalue weighted by atomic mass is 32.1. The summed E-state index contributed by atoms with van der Waals surface area (Å²) in [7, 11) is 5.10. The number of aryl methyl sites for hydroxylation is 1. The van der Waals surface area contributed by atoms with Crippen molar-refractivity contribution in [3.8, 4) is 44.8 Å². The minimum Gasteiger partial charge on any atom is -0.497 e. The van der Waals surface area contributed by atoms with Crippen LogP contribution in [0.2, 0.25) is 0 Å². The lowest BCUT2D eigenvalue weighted by Crippen LogP contribution is -2.43. The Morgan fingerprint density at radius 2 is 1.81 bits per heavy atom. The highest BCUT2D eigenvalue weighted by Crippen LogP contribution is 2.45. The molecule has 2 aromatic carbocycles. The molecule has 0 aliphatic carbocycles. The molecule has 0 N–H and O–H groups in total. The van der Waals surface area contributed by atoms with E-state index in [0.29, 0.717) is 35.4 Å². The fourth-order valence-corrected chi connectivity index (χ4v) is 5.15. The van der Waals surface area contributed by atoms with Crippen LogP contribution in [-0.4, -0.2) is 47.2 Å². The van der Waals surface area contributed by atoms with Crippen LogP contribution in [0.4, 0.5) is 0 Å². The molecule has 1 aliphatic rings. The van der Waals surface area contributed by atoms with Gasteiger partial charge in [0.25, 0.3) is 5.91 Å². The van der Waals surface area contributed by atoms with E-state index >= 15 is 0 Å². The average molecular weight is 518 g/mol. The van der Waals surface area contributed by atoms with Gasteiger partial charge in [-0.2, -0.15) is 0 Å². The van der Waals surface area contributed by atoms with Gasteiger partial charge in [-0.25, -0.2) is 4.98 Å². The summed E-state index contributed by atoms with van der Waals surface area (Å²) in [4.78, 5) is 21.3.